The highest BCUT2D eigenvalue weighted by Crippen LogP contribution is 2.17. The van der Waals surface area contributed by atoms with Crippen molar-refractivity contribution in [2.75, 3.05) is 26.2 Å². The number of carbonyl (C=O) groups is 1. The number of aromatic nitrogens is 1. The van der Waals surface area contributed by atoms with Gasteiger partial charge in [-0.25, -0.2) is 13.6 Å². The van der Waals surface area contributed by atoms with Crippen molar-refractivity contribution in [1.82, 2.24) is 9.47 Å². The van der Waals surface area contributed by atoms with E-state index in [-0.39, 0.29) is 6.61 Å². The topological polar surface area (TPSA) is 51.5 Å². The lowest BCUT2D eigenvalue weighted by Gasteiger charge is -2.34. The van der Waals surface area contributed by atoms with Crippen LogP contribution in [0.4, 0.5) is 8.78 Å². The molecule has 2 rings (SSSR count). The largest absolute Gasteiger partial charge is 0.464 e. The minimum atomic E-state index is -0.884. The van der Waals surface area contributed by atoms with Crippen molar-refractivity contribution in [2.45, 2.75) is 45.3 Å². The summed E-state index contributed by atoms with van der Waals surface area (Å²) in [5.41, 5.74) is -0.210. The lowest BCUT2D eigenvalue weighted by molar-refractivity contribution is -0.147. The van der Waals surface area contributed by atoms with Crippen LogP contribution in [0.25, 0.3) is 0 Å². The van der Waals surface area contributed by atoms with Gasteiger partial charge in [0.1, 0.15) is 12.2 Å². The second-order valence-electron chi connectivity index (χ2n) is 6.07. The Morgan fingerprint density at radius 1 is 1.42 bits per heavy atom. The number of likely N-dealkylation sites (tertiary alicyclic amines) is 1. The number of carbonyl (C=O) groups excluding carboxylic acids is 1. The minimum Gasteiger partial charge on any atom is -0.464 e. The molecule has 0 N–H and O–H groups in total. The van der Waals surface area contributed by atoms with Crippen LogP contribution in [0.3, 0.4) is 0 Å². The van der Waals surface area contributed by atoms with E-state index >= 15 is 0 Å². The summed E-state index contributed by atoms with van der Waals surface area (Å²) < 4.78 is 33.0. The molecule has 7 heteroatoms. The van der Waals surface area contributed by atoms with E-state index in [1.54, 1.807) is 6.92 Å². The van der Waals surface area contributed by atoms with Crippen molar-refractivity contribution in [1.29, 1.82) is 0 Å². The van der Waals surface area contributed by atoms with Gasteiger partial charge in [-0.2, -0.15) is 0 Å². The summed E-state index contributed by atoms with van der Waals surface area (Å²) in [5, 5.41) is 0. The van der Waals surface area contributed by atoms with Crippen LogP contribution in [0, 0.1) is 5.82 Å². The van der Waals surface area contributed by atoms with Gasteiger partial charge in [0.2, 0.25) is 0 Å². The molecule has 24 heavy (non-hydrogen) atoms. The highest BCUT2D eigenvalue weighted by Gasteiger charge is 2.26. The smallest absolute Gasteiger partial charge is 0.329 e. The quantitative estimate of drug-likeness (QED) is 0.679. The highest BCUT2D eigenvalue weighted by molar-refractivity contribution is 5.74. The van der Waals surface area contributed by atoms with Crippen LogP contribution in [0.5, 0.6) is 0 Å². The normalized spacial score (nSPS) is 16.7. The van der Waals surface area contributed by atoms with Gasteiger partial charge in [-0.3, -0.25) is 14.3 Å². The average Bonchev–Trinajstić information content (AvgIpc) is 2.51. The lowest BCUT2D eigenvalue weighted by atomic mass is 10.1. The molecule has 0 saturated carbocycles. The van der Waals surface area contributed by atoms with E-state index in [9.17, 15) is 18.4 Å². The van der Waals surface area contributed by atoms with Crippen molar-refractivity contribution < 1.29 is 18.3 Å². The molecule has 0 spiro atoms. The number of hydrogen-bond donors (Lipinski definition) is 0. The summed E-state index contributed by atoms with van der Waals surface area (Å²) in [6.07, 6.45) is 2.29. The fourth-order valence-corrected chi connectivity index (χ4v) is 2.85. The molecule has 1 aromatic heterocycles. The summed E-state index contributed by atoms with van der Waals surface area (Å²) in [7, 11) is 0. The number of esters is 1. The Kier molecular flexibility index (Phi) is 6.48. The van der Waals surface area contributed by atoms with Gasteiger partial charge < -0.3 is 4.74 Å². The van der Waals surface area contributed by atoms with E-state index in [1.165, 1.54) is 12.3 Å². The number of hydrogen-bond acceptors (Lipinski definition) is 4. The Morgan fingerprint density at radius 2 is 2.12 bits per heavy atom. The molecule has 2 heterocycles. The van der Waals surface area contributed by atoms with E-state index in [0.29, 0.717) is 44.5 Å². The van der Waals surface area contributed by atoms with Crippen LogP contribution in [0.1, 0.15) is 38.3 Å². The molecular formula is C17H24F2N2O3. The zero-order valence-electron chi connectivity index (χ0n) is 14.1. The molecule has 0 amide bonds. The highest BCUT2D eigenvalue weighted by atomic mass is 19.1. The Labute approximate surface area is 140 Å². The van der Waals surface area contributed by atoms with Crippen LogP contribution >= 0.6 is 0 Å². The Bertz CT molecular complexity index is 627. The molecule has 1 unspecified atom stereocenters. The SMILES string of the molecule is CCCC(C(=O)OCC)n1cc(CCN2CC(F)C2)cc(F)c1=O. The standard InChI is InChI=1S/C17H24F2N2O3/c1-3-5-15(17(23)24-4-2)21-9-12(8-14(19)16(21)22)6-7-20-10-13(18)11-20/h8-9,13,15H,3-7,10-11H2,1-2H3. The molecule has 1 atom stereocenters. The third kappa shape index (κ3) is 4.41. The molecule has 1 saturated heterocycles. The molecule has 0 radical (unpaired) electrons. The monoisotopic (exact) mass is 342 g/mol. The van der Waals surface area contributed by atoms with Gasteiger partial charge >= 0.3 is 5.97 Å². The van der Waals surface area contributed by atoms with E-state index < -0.39 is 29.6 Å². The van der Waals surface area contributed by atoms with Crippen molar-refractivity contribution in [3.8, 4) is 0 Å². The summed E-state index contributed by atoms with van der Waals surface area (Å²) in [6, 6.07) is 0.371. The predicted molar refractivity (Wildman–Crippen MR) is 86.3 cm³/mol. The molecule has 1 fully saturated rings. The molecule has 0 aromatic carbocycles. The molecule has 0 bridgehead atoms. The molecule has 1 aliphatic heterocycles. The first-order valence-electron chi connectivity index (χ1n) is 8.39. The second-order valence-corrected chi connectivity index (χ2v) is 6.07. The van der Waals surface area contributed by atoms with Gasteiger partial charge in [0, 0.05) is 25.8 Å². The van der Waals surface area contributed by atoms with Crippen LogP contribution in [0.15, 0.2) is 17.1 Å². The van der Waals surface area contributed by atoms with Gasteiger partial charge in [-0.1, -0.05) is 13.3 Å². The number of ether oxygens (including phenoxy) is 1. The van der Waals surface area contributed by atoms with Gasteiger partial charge in [-0.05, 0) is 31.4 Å². The molecule has 134 valence electrons. The van der Waals surface area contributed by atoms with Crippen molar-refractivity contribution in [3.63, 3.8) is 0 Å². The van der Waals surface area contributed by atoms with Crippen molar-refractivity contribution in [3.05, 3.63) is 34.0 Å². The summed E-state index contributed by atoms with van der Waals surface area (Å²) in [4.78, 5) is 26.1. The fourth-order valence-electron chi connectivity index (χ4n) is 2.85. The molecule has 0 aliphatic carbocycles. The second kappa shape index (κ2) is 8.37. The fraction of sp³-hybridized carbons (Fsp3) is 0.647. The zero-order chi connectivity index (χ0) is 17.7. The number of nitrogens with zero attached hydrogens (tertiary/aromatic N) is 2. The third-order valence-corrected chi connectivity index (χ3v) is 4.14. The van der Waals surface area contributed by atoms with Crippen LogP contribution in [-0.4, -0.2) is 47.8 Å². The first-order valence-corrected chi connectivity index (χ1v) is 8.39. The Morgan fingerprint density at radius 3 is 2.71 bits per heavy atom. The van der Waals surface area contributed by atoms with Crippen molar-refractivity contribution >= 4 is 5.97 Å². The molecular weight excluding hydrogens is 318 g/mol. The summed E-state index contributed by atoms with van der Waals surface area (Å²) in [6.45, 7) is 5.15. The number of rotatable bonds is 8. The summed E-state index contributed by atoms with van der Waals surface area (Å²) in [5.74, 6) is -1.41. The Balaban J connectivity index is 2.20. The first-order chi connectivity index (χ1) is 11.5. The van der Waals surface area contributed by atoms with Gasteiger partial charge in [0.15, 0.2) is 5.82 Å². The average molecular weight is 342 g/mol. The van der Waals surface area contributed by atoms with Gasteiger partial charge in [0.05, 0.1) is 6.61 Å². The minimum absolute atomic E-state index is 0.204. The van der Waals surface area contributed by atoms with Crippen molar-refractivity contribution in [2.24, 2.45) is 0 Å². The van der Waals surface area contributed by atoms with Crippen LogP contribution in [0.2, 0.25) is 0 Å². The molecule has 1 aliphatic rings. The zero-order valence-corrected chi connectivity index (χ0v) is 14.1. The first kappa shape index (κ1) is 18.6. The van der Waals surface area contributed by atoms with Crippen LogP contribution < -0.4 is 5.56 Å². The van der Waals surface area contributed by atoms with Crippen LogP contribution in [-0.2, 0) is 16.0 Å². The molecule has 1 aromatic rings. The third-order valence-electron chi connectivity index (χ3n) is 4.14. The summed E-state index contributed by atoms with van der Waals surface area (Å²) >= 11 is 0. The van der Waals surface area contributed by atoms with E-state index in [1.807, 2.05) is 11.8 Å². The van der Waals surface area contributed by atoms with E-state index in [0.717, 1.165) is 4.57 Å². The van der Waals surface area contributed by atoms with Gasteiger partial charge in [0.25, 0.3) is 5.56 Å². The molecule has 5 nitrogen and oxygen atoms in total. The maximum Gasteiger partial charge on any atom is 0.329 e. The lowest BCUT2D eigenvalue weighted by Crippen LogP contribution is -2.49. The predicted octanol–water partition coefficient (Wildman–Crippen LogP) is 2.09. The Hall–Kier alpha value is -1.76. The van der Waals surface area contributed by atoms with Gasteiger partial charge in [-0.15, -0.1) is 0 Å². The number of pyridine rings is 1. The van der Waals surface area contributed by atoms with E-state index in [4.69, 9.17) is 4.74 Å². The maximum absolute atomic E-state index is 14.0. The number of alkyl halides is 1. The van der Waals surface area contributed by atoms with E-state index in [2.05, 4.69) is 0 Å². The number of halogens is 2. The maximum atomic E-state index is 14.0.